The molecule has 0 spiro atoms. The van der Waals surface area contributed by atoms with Gasteiger partial charge in [-0.2, -0.15) is 0 Å². The molecule has 31 heavy (non-hydrogen) atoms. The van der Waals surface area contributed by atoms with Crippen molar-refractivity contribution < 1.29 is 22.3 Å². The lowest BCUT2D eigenvalue weighted by Gasteiger charge is -2.16. The Bertz CT molecular complexity index is 1190. The fourth-order valence-electron chi connectivity index (χ4n) is 2.51. The predicted octanol–water partition coefficient (Wildman–Crippen LogP) is 5.34. The van der Waals surface area contributed by atoms with Gasteiger partial charge in [0, 0.05) is 16.4 Å². The van der Waals surface area contributed by atoms with Crippen molar-refractivity contribution >= 4 is 50.5 Å². The molecule has 3 rings (SSSR count). The highest BCUT2D eigenvalue weighted by Gasteiger charge is 2.18. The first kappa shape index (κ1) is 22.9. The summed E-state index contributed by atoms with van der Waals surface area (Å²) in [6.07, 6.45) is -0.873. The number of ether oxygens (including phenoxy) is 1. The maximum Gasteiger partial charge on any atom is 0.265 e. The Labute approximate surface area is 189 Å². The average molecular weight is 483 g/mol. The lowest BCUT2D eigenvalue weighted by atomic mass is 10.3. The number of carbonyl (C=O) groups is 1. The van der Waals surface area contributed by atoms with Crippen LogP contribution in [0.1, 0.15) is 6.92 Å². The third-order valence-electron chi connectivity index (χ3n) is 4.10. The van der Waals surface area contributed by atoms with Gasteiger partial charge in [0.25, 0.3) is 15.9 Å². The van der Waals surface area contributed by atoms with E-state index in [0.717, 1.165) is 12.1 Å². The Balaban J connectivity index is 1.63. The van der Waals surface area contributed by atoms with Gasteiger partial charge in [0.05, 0.1) is 9.92 Å². The van der Waals surface area contributed by atoms with E-state index in [1.807, 2.05) is 0 Å². The van der Waals surface area contributed by atoms with E-state index in [1.165, 1.54) is 42.5 Å². The molecule has 0 saturated heterocycles. The van der Waals surface area contributed by atoms with Crippen molar-refractivity contribution in [1.29, 1.82) is 0 Å². The third kappa shape index (κ3) is 6.10. The zero-order valence-electron chi connectivity index (χ0n) is 16.1. The van der Waals surface area contributed by atoms with Crippen LogP contribution < -0.4 is 14.8 Å². The van der Waals surface area contributed by atoms with Gasteiger partial charge in [-0.3, -0.25) is 9.52 Å². The molecule has 0 aliphatic heterocycles. The SMILES string of the molecule is C[C@@H](Oc1ccc(Cl)cc1Cl)C(=O)Nc1ccc(S(=O)(=O)Nc2ccc(F)cc2)cc1. The summed E-state index contributed by atoms with van der Waals surface area (Å²) >= 11 is 11.9. The number of amides is 1. The number of carbonyl (C=O) groups excluding carboxylic acids is 1. The summed E-state index contributed by atoms with van der Waals surface area (Å²) in [5.41, 5.74) is 0.606. The zero-order chi connectivity index (χ0) is 22.6. The van der Waals surface area contributed by atoms with E-state index in [1.54, 1.807) is 19.1 Å². The van der Waals surface area contributed by atoms with E-state index < -0.39 is 27.9 Å². The molecule has 10 heteroatoms. The van der Waals surface area contributed by atoms with Crippen molar-refractivity contribution in [2.24, 2.45) is 0 Å². The van der Waals surface area contributed by atoms with Crippen LogP contribution in [-0.2, 0) is 14.8 Å². The van der Waals surface area contributed by atoms with Crippen LogP contribution in [0.2, 0.25) is 10.0 Å². The lowest BCUT2D eigenvalue weighted by molar-refractivity contribution is -0.122. The van der Waals surface area contributed by atoms with E-state index in [9.17, 15) is 17.6 Å². The minimum absolute atomic E-state index is 0.0212. The van der Waals surface area contributed by atoms with Gasteiger partial charge >= 0.3 is 0 Å². The number of anilines is 2. The molecule has 1 atom stereocenters. The summed E-state index contributed by atoms with van der Waals surface area (Å²) < 4.78 is 45.8. The fourth-order valence-corrected chi connectivity index (χ4v) is 4.02. The first-order valence-corrected chi connectivity index (χ1v) is 11.2. The average Bonchev–Trinajstić information content (AvgIpc) is 2.72. The van der Waals surface area contributed by atoms with Gasteiger partial charge in [0.1, 0.15) is 11.6 Å². The Morgan fingerprint density at radius 1 is 0.968 bits per heavy atom. The van der Waals surface area contributed by atoms with E-state index in [-0.39, 0.29) is 15.6 Å². The quantitative estimate of drug-likeness (QED) is 0.475. The topological polar surface area (TPSA) is 84.5 Å². The van der Waals surface area contributed by atoms with Crippen LogP contribution in [0.3, 0.4) is 0 Å². The number of sulfonamides is 1. The second kappa shape index (κ2) is 9.55. The highest BCUT2D eigenvalue weighted by atomic mass is 35.5. The summed E-state index contributed by atoms with van der Waals surface area (Å²) in [6.45, 7) is 1.55. The molecule has 162 valence electrons. The lowest BCUT2D eigenvalue weighted by Crippen LogP contribution is -2.30. The summed E-state index contributed by atoms with van der Waals surface area (Å²) in [5, 5.41) is 3.35. The molecule has 0 unspecified atom stereocenters. The normalized spacial score (nSPS) is 12.1. The van der Waals surface area contributed by atoms with Gasteiger partial charge in [-0.1, -0.05) is 23.2 Å². The van der Waals surface area contributed by atoms with Crippen LogP contribution in [0.15, 0.2) is 71.6 Å². The molecule has 0 aromatic heterocycles. The van der Waals surface area contributed by atoms with Gasteiger partial charge in [0.2, 0.25) is 0 Å². The molecular formula is C21H17Cl2FN2O4S. The highest BCUT2D eigenvalue weighted by Crippen LogP contribution is 2.28. The molecule has 3 aromatic rings. The van der Waals surface area contributed by atoms with Crippen molar-refractivity contribution in [2.45, 2.75) is 17.9 Å². The Morgan fingerprint density at radius 3 is 2.19 bits per heavy atom. The van der Waals surface area contributed by atoms with Gasteiger partial charge < -0.3 is 10.1 Å². The maximum atomic E-state index is 13.0. The largest absolute Gasteiger partial charge is 0.479 e. The molecule has 2 N–H and O–H groups in total. The van der Waals surface area contributed by atoms with Gasteiger partial charge in [0.15, 0.2) is 6.10 Å². The van der Waals surface area contributed by atoms with E-state index in [4.69, 9.17) is 27.9 Å². The standard InChI is InChI=1S/C21H17Cl2FN2O4S/c1-13(30-20-11-2-14(22)12-19(20)23)21(27)25-16-7-9-18(10-8-16)31(28,29)26-17-5-3-15(24)4-6-17/h2-13,26H,1H3,(H,25,27)/t13-/m1/s1. The van der Waals surface area contributed by atoms with Crippen molar-refractivity contribution in [2.75, 3.05) is 10.0 Å². The van der Waals surface area contributed by atoms with Crippen molar-refractivity contribution in [3.05, 3.63) is 82.6 Å². The number of hydrogen-bond donors (Lipinski definition) is 2. The molecule has 0 aliphatic carbocycles. The van der Waals surface area contributed by atoms with Gasteiger partial charge in [-0.25, -0.2) is 12.8 Å². The maximum absolute atomic E-state index is 13.0. The van der Waals surface area contributed by atoms with E-state index in [0.29, 0.717) is 16.5 Å². The summed E-state index contributed by atoms with van der Waals surface area (Å²) in [6, 6.07) is 15.1. The summed E-state index contributed by atoms with van der Waals surface area (Å²) in [4.78, 5) is 12.4. The van der Waals surface area contributed by atoms with Crippen molar-refractivity contribution in [1.82, 2.24) is 0 Å². The number of benzene rings is 3. The van der Waals surface area contributed by atoms with Gasteiger partial charge in [-0.05, 0) is 73.7 Å². The molecule has 0 bridgehead atoms. The van der Waals surface area contributed by atoms with Crippen molar-refractivity contribution in [3.8, 4) is 5.75 Å². The molecule has 0 heterocycles. The molecule has 0 aliphatic rings. The van der Waals surface area contributed by atoms with Gasteiger partial charge in [-0.15, -0.1) is 0 Å². The van der Waals surface area contributed by atoms with Crippen molar-refractivity contribution in [3.63, 3.8) is 0 Å². The van der Waals surface area contributed by atoms with Crippen LogP contribution in [0.5, 0.6) is 5.75 Å². The Hall–Kier alpha value is -2.81. The van der Waals surface area contributed by atoms with E-state index >= 15 is 0 Å². The molecule has 1 amide bonds. The minimum atomic E-state index is -3.87. The van der Waals surface area contributed by atoms with Crippen LogP contribution in [0.4, 0.5) is 15.8 Å². The number of rotatable bonds is 7. The molecule has 0 radical (unpaired) electrons. The molecule has 3 aromatic carbocycles. The minimum Gasteiger partial charge on any atom is -0.479 e. The molecular weight excluding hydrogens is 466 g/mol. The predicted molar refractivity (Wildman–Crippen MR) is 119 cm³/mol. The fraction of sp³-hybridized carbons (Fsp3) is 0.0952. The summed E-state index contributed by atoms with van der Waals surface area (Å²) in [5.74, 6) is -0.618. The molecule has 0 fully saturated rings. The second-order valence-corrected chi connectivity index (χ2v) is 8.99. The number of halogens is 3. The highest BCUT2D eigenvalue weighted by molar-refractivity contribution is 7.92. The smallest absolute Gasteiger partial charge is 0.265 e. The zero-order valence-corrected chi connectivity index (χ0v) is 18.4. The molecule has 0 saturated carbocycles. The summed E-state index contributed by atoms with van der Waals surface area (Å²) in [7, 11) is -3.87. The van der Waals surface area contributed by atoms with Crippen LogP contribution in [-0.4, -0.2) is 20.4 Å². The van der Waals surface area contributed by atoms with Crippen LogP contribution in [0, 0.1) is 5.82 Å². The monoisotopic (exact) mass is 482 g/mol. The van der Waals surface area contributed by atoms with Crippen LogP contribution in [0.25, 0.3) is 0 Å². The Kier molecular flexibility index (Phi) is 7.04. The number of nitrogens with one attached hydrogen (secondary N) is 2. The first-order chi connectivity index (χ1) is 14.6. The second-order valence-electron chi connectivity index (χ2n) is 6.46. The first-order valence-electron chi connectivity index (χ1n) is 8.95. The van der Waals surface area contributed by atoms with E-state index in [2.05, 4.69) is 10.0 Å². The number of hydrogen-bond acceptors (Lipinski definition) is 4. The van der Waals surface area contributed by atoms with Crippen LogP contribution >= 0.6 is 23.2 Å². The Morgan fingerprint density at radius 2 is 1.58 bits per heavy atom. The third-order valence-corrected chi connectivity index (χ3v) is 6.02. The molecule has 6 nitrogen and oxygen atoms in total.